The van der Waals surface area contributed by atoms with Crippen LogP contribution < -0.4 is 15.8 Å². The first-order chi connectivity index (χ1) is 8.56. The molecule has 0 spiro atoms. The number of amides is 1. The van der Waals surface area contributed by atoms with Crippen LogP contribution in [0.15, 0.2) is 18.2 Å². The van der Waals surface area contributed by atoms with Crippen molar-refractivity contribution in [1.29, 1.82) is 0 Å². The number of hydrogen-bond donors (Lipinski definition) is 2. The van der Waals surface area contributed by atoms with E-state index in [1.807, 2.05) is 13.8 Å². The number of hydrogen-bond acceptors (Lipinski definition) is 3. The topological polar surface area (TPSA) is 64.3 Å². The smallest absolute Gasteiger partial charge is 0.258 e. The van der Waals surface area contributed by atoms with E-state index in [9.17, 15) is 4.79 Å². The molecule has 0 unspecified atom stereocenters. The number of ether oxygens (including phenoxy) is 1. The number of carbonyl (C=O) groups is 1. The van der Waals surface area contributed by atoms with Crippen molar-refractivity contribution in [3.8, 4) is 5.75 Å². The van der Waals surface area contributed by atoms with Crippen LogP contribution in [0.3, 0.4) is 0 Å². The van der Waals surface area contributed by atoms with Crippen molar-refractivity contribution in [3.05, 3.63) is 23.2 Å². The summed E-state index contributed by atoms with van der Waals surface area (Å²) in [5.41, 5.74) is 6.07. The number of nitrogen functional groups attached to an aromatic ring is 1. The van der Waals surface area contributed by atoms with Gasteiger partial charge in [-0.25, -0.2) is 0 Å². The Morgan fingerprint density at radius 3 is 2.67 bits per heavy atom. The van der Waals surface area contributed by atoms with Crippen molar-refractivity contribution in [3.63, 3.8) is 0 Å². The average molecular weight is 271 g/mol. The molecule has 1 rings (SSSR count). The highest BCUT2D eigenvalue weighted by Crippen LogP contribution is 2.23. The van der Waals surface area contributed by atoms with Crippen molar-refractivity contribution in [2.75, 3.05) is 12.3 Å². The van der Waals surface area contributed by atoms with Crippen LogP contribution >= 0.6 is 11.6 Å². The fourth-order valence-corrected chi connectivity index (χ4v) is 1.68. The molecule has 0 saturated heterocycles. The van der Waals surface area contributed by atoms with E-state index in [0.717, 1.165) is 12.8 Å². The summed E-state index contributed by atoms with van der Waals surface area (Å²) in [5.74, 6) is 0.408. The van der Waals surface area contributed by atoms with Crippen LogP contribution in [0.1, 0.15) is 26.7 Å². The van der Waals surface area contributed by atoms with Gasteiger partial charge in [-0.15, -0.1) is 0 Å². The maximum absolute atomic E-state index is 11.6. The predicted octanol–water partition coefficient (Wildman–Crippen LogP) is 2.61. The molecule has 0 atom stereocenters. The number of nitrogens with two attached hydrogens (primary N) is 1. The van der Waals surface area contributed by atoms with Crippen molar-refractivity contribution in [2.45, 2.75) is 32.7 Å². The minimum Gasteiger partial charge on any atom is -0.484 e. The second kappa shape index (κ2) is 7.11. The molecule has 18 heavy (non-hydrogen) atoms. The zero-order valence-electron chi connectivity index (χ0n) is 10.7. The molecule has 3 N–H and O–H groups in total. The minimum atomic E-state index is -0.128. The van der Waals surface area contributed by atoms with Gasteiger partial charge in [0.25, 0.3) is 5.91 Å². The molecule has 0 aliphatic rings. The van der Waals surface area contributed by atoms with Gasteiger partial charge in [0.2, 0.25) is 0 Å². The number of benzene rings is 1. The van der Waals surface area contributed by atoms with Gasteiger partial charge >= 0.3 is 0 Å². The fourth-order valence-electron chi connectivity index (χ4n) is 1.51. The molecular weight excluding hydrogens is 252 g/mol. The monoisotopic (exact) mass is 270 g/mol. The first-order valence-corrected chi connectivity index (χ1v) is 6.41. The summed E-state index contributed by atoms with van der Waals surface area (Å²) in [4.78, 5) is 11.6. The average Bonchev–Trinajstić information content (AvgIpc) is 2.37. The van der Waals surface area contributed by atoms with E-state index < -0.39 is 0 Å². The third-order valence-electron chi connectivity index (χ3n) is 2.69. The van der Waals surface area contributed by atoms with Crippen LogP contribution in [0.5, 0.6) is 5.75 Å². The summed E-state index contributed by atoms with van der Waals surface area (Å²) in [6.45, 7) is 4.06. The third-order valence-corrected chi connectivity index (χ3v) is 3.02. The van der Waals surface area contributed by atoms with Gasteiger partial charge in [-0.1, -0.05) is 25.4 Å². The lowest BCUT2D eigenvalue weighted by Gasteiger charge is -2.15. The zero-order chi connectivity index (χ0) is 13.5. The second-order valence-electron chi connectivity index (χ2n) is 4.05. The molecular formula is C13H19ClN2O2. The van der Waals surface area contributed by atoms with Crippen molar-refractivity contribution < 1.29 is 9.53 Å². The zero-order valence-corrected chi connectivity index (χ0v) is 11.5. The Balaban J connectivity index is 2.44. The second-order valence-corrected chi connectivity index (χ2v) is 4.46. The molecule has 0 radical (unpaired) electrons. The first-order valence-electron chi connectivity index (χ1n) is 6.04. The van der Waals surface area contributed by atoms with E-state index in [1.165, 1.54) is 0 Å². The van der Waals surface area contributed by atoms with Gasteiger partial charge in [0.05, 0.1) is 10.7 Å². The van der Waals surface area contributed by atoms with E-state index in [-0.39, 0.29) is 18.6 Å². The normalized spacial score (nSPS) is 10.4. The summed E-state index contributed by atoms with van der Waals surface area (Å²) in [7, 11) is 0. The highest BCUT2D eigenvalue weighted by Gasteiger charge is 2.09. The number of halogens is 1. The number of nitrogens with one attached hydrogen (secondary N) is 1. The summed E-state index contributed by atoms with van der Waals surface area (Å²) in [5, 5.41) is 3.31. The third kappa shape index (κ3) is 4.45. The van der Waals surface area contributed by atoms with Gasteiger partial charge in [0.15, 0.2) is 6.61 Å². The number of carbonyl (C=O) groups excluding carboxylic acids is 1. The van der Waals surface area contributed by atoms with Crippen molar-refractivity contribution in [2.24, 2.45) is 0 Å². The van der Waals surface area contributed by atoms with Crippen LogP contribution in [0, 0.1) is 0 Å². The molecule has 1 amide bonds. The minimum absolute atomic E-state index is 0.0171. The largest absolute Gasteiger partial charge is 0.484 e. The van der Waals surface area contributed by atoms with E-state index >= 15 is 0 Å². The van der Waals surface area contributed by atoms with Crippen LogP contribution in [0.25, 0.3) is 0 Å². The number of anilines is 1. The van der Waals surface area contributed by atoms with Gasteiger partial charge in [-0.2, -0.15) is 0 Å². The van der Waals surface area contributed by atoms with Crippen LogP contribution in [0.2, 0.25) is 5.02 Å². The molecule has 5 heteroatoms. The highest BCUT2D eigenvalue weighted by molar-refractivity contribution is 6.33. The maximum Gasteiger partial charge on any atom is 0.258 e. The Labute approximate surface area is 112 Å². The molecule has 0 heterocycles. The van der Waals surface area contributed by atoms with E-state index in [2.05, 4.69) is 5.32 Å². The quantitative estimate of drug-likeness (QED) is 0.781. The van der Waals surface area contributed by atoms with E-state index in [1.54, 1.807) is 18.2 Å². The SMILES string of the molecule is CCC(CC)NC(=O)COc1ccc(N)c(Cl)c1. The predicted molar refractivity (Wildman–Crippen MR) is 73.9 cm³/mol. The molecule has 0 bridgehead atoms. The van der Waals surface area contributed by atoms with Gasteiger partial charge in [0.1, 0.15) is 5.75 Å². The molecule has 0 fully saturated rings. The van der Waals surface area contributed by atoms with Gasteiger partial charge in [-0.05, 0) is 25.0 Å². The Morgan fingerprint density at radius 1 is 1.44 bits per heavy atom. The van der Waals surface area contributed by atoms with Gasteiger partial charge in [-0.3, -0.25) is 4.79 Å². The Bertz CT molecular complexity index is 406. The first kappa shape index (κ1) is 14.6. The van der Waals surface area contributed by atoms with Crippen molar-refractivity contribution >= 4 is 23.2 Å². The lowest BCUT2D eigenvalue weighted by Crippen LogP contribution is -2.37. The molecule has 0 aromatic heterocycles. The fraction of sp³-hybridized carbons (Fsp3) is 0.462. The van der Waals surface area contributed by atoms with E-state index in [0.29, 0.717) is 16.5 Å². The molecule has 4 nitrogen and oxygen atoms in total. The summed E-state index contributed by atoms with van der Waals surface area (Å²) in [6.07, 6.45) is 1.83. The Kier molecular flexibility index (Phi) is 5.78. The van der Waals surface area contributed by atoms with Crippen LogP contribution in [0.4, 0.5) is 5.69 Å². The molecule has 0 saturated carbocycles. The number of rotatable bonds is 6. The van der Waals surface area contributed by atoms with Gasteiger partial charge < -0.3 is 15.8 Å². The van der Waals surface area contributed by atoms with Gasteiger partial charge in [0, 0.05) is 12.1 Å². The lowest BCUT2D eigenvalue weighted by atomic mass is 10.2. The molecule has 0 aliphatic carbocycles. The molecule has 100 valence electrons. The standard InChI is InChI=1S/C13H19ClN2O2/c1-3-9(4-2)16-13(17)8-18-10-5-6-12(15)11(14)7-10/h5-7,9H,3-4,8,15H2,1-2H3,(H,16,17). The molecule has 1 aromatic carbocycles. The highest BCUT2D eigenvalue weighted by atomic mass is 35.5. The van der Waals surface area contributed by atoms with E-state index in [4.69, 9.17) is 22.1 Å². The summed E-state index contributed by atoms with van der Waals surface area (Å²) < 4.78 is 5.34. The van der Waals surface area contributed by atoms with Crippen LogP contribution in [-0.2, 0) is 4.79 Å². The molecule has 1 aromatic rings. The Morgan fingerprint density at radius 2 is 2.11 bits per heavy atom. The molecule has 0 aliphatic heterocycles. The summed E-state index contributed by atoms with van der Waals surface area (Å²) in [6, 6.07) is 5.14. The Hall–Kier alpha value is -1.42. The van der Waals surface area contributed by atoms with Crippen molar-refractivity contribution in [1.82, 2.24) is 5.32 Å². The lowest BCUT2D eigenvalue weighted by molar-refractivity contribution is -0.123. The maximum atomic E-state index is 11.6. The van der Waals surface area contributed by atoms with Crippen LogP contribution in [-0.4, -0.2) is 18.6 Å². The summed E-state index contributed by atoms with van der Waals surface area (Å²) >= 11 is 5.85.